The minimum absolute atomic E-state index is 0.218. The molecule has 5 heteroatoms. The lowest BCUT2D eigenvalue weighted by atomic mass is 9.95. The van der Waals surface area contributed by atoms with Gasteiger partial charge in [0.2, 0.25) is 0 Å². The van der Waals surface area contributed by atoms with Gasteiger partial charge >= 0.3 is 0 Å². The van der Waals surface area contributed by atoms with Gasteiger partial charge in [-0.15, -0.1) is 10.2 Å². The molecule has 0 radical (unpaired) electrons. The Morgan fingerprint density at radius 2 is 1.91 bits per heavy atom. The third-order valence-electron chi connectivity index (χ3n) is 4.28. The smallest absolute Gasteiger partial charge is 0.271 e. The fourth-order valence-corrected chi connectivity index (χ4v) is 2.79. The van der Waals surface area contributed by atoms with Crippen molar-refractivity contribution in [1.29, 1.82) is 0 Å². The number of amides is 1. The van der Waals surface area contributed by atoms with Gasteiger partial charge in [0.15, 0.2) is 11.5 Å². The number of aromatic nitrogens is 2. The Hall–Kier alpha value is -2.43. The summed E-state index contributed by atoms with van der Waals surface area (Å²) in [4.78, 5) is 13.6. The Balaban J connectivity index is 1.72. The standard InChI is InChI=1S/C17H20N4O/c1-18-16(22)14-8-9-15(20-19-14)21(2)12-17(10-11-17)13-6-4-3-5-7-13/h3-9H,10-12H2,1-2H3,(H,18,22). The van der Waals surface area contributed by atoms with Crippen molar-refractivity contribution < 1.29 is 4.79 Å². The van der Waals surface area contributed by atoms with Gasteiger partial charge in [0.05, 0.1) is 0 Å². The molecule has 114 valence electrons. The number of hydrogen-bond acceptors (Lipinski definition) is 4. The molecule has 3 rings (SSSR count). The number of nitrogens with zero attached hydrogens (tertiary/aromatic N) is 3. The molecule has 1 aromatic carbocycles. The fourth-order valence-electron chi connectivity index (χ4n) is 2.79. The second kappa shape index (κ2) is 5.75. The van der Waals surface area contributed by atoms with Gasteiger partial charge in [0.1, 0.15) is 0 Å². The highest BCUT2D eigenvalue weighted by atomic mass is 16.1. The third-order valence-corrected chi connectivity index (χ3v) is 4.28. The molecule has 0 spiro atoms. The molecule has 2 aromatic rings. The van der Waals surface area contributed by atoms with Gasteiger partial charge in [-0.25, -0.2) is 0 Å². The summed E-state index contributed by atoms with van der Waals surface area (Å²) in [7, 11) is 3.60. The summed E-state index contributed by atoms with van der Waals surface area (Å²) in [6.45, 7) is 0.908. The van der Waals surface area contributed by atoms with E-state index in [0.717, 1.165) is 12.4 Å². The number of carbonyl (C=O) groups is 1. The van der Waals surface area contributed by atoms with Crippen LogP contribution in [0.3, 0.4) is 0 Å². The van der Waals surface area contributed by atoms with Crippen LogP contribution in [0.25, 0.3) is 0 Å². The van der Waals surface area contributed by atoms with Crippen LogP contribution in [-0.2, 0) is 5.41 Å². The number of likely N-dealkylation sites (N-methyl/N-ethyl adjacent to an activating group) is 1. The van der Waals surface area contributed by atoms with Crippen molar-refractivity contribution in [3.05, 3.63) is 53.7 Å². The molecule has 0 atom stereocenters. The lowest BCUT2D eigenvalue weighted by Crippen LogP contribution is -2.30. The number of carbonyl (C=O) groups excluding carboxylic acids is 1. The molecule has 1 fully saturated rings. The zero-order valence-electron chi connectivity index (χ0n) is 12.9. The molecule has 1 amide bonds. The summed E-state index contributed by atoms with van der Waals surface area (Å²) in [5, 5.41) is 10.7. The van der Waals surface area contributed by atoms with Crippen LogP contribution in [0.2, 0.25) is 0 Å². The summed E-state index contributed by atoms with van der Waals surface area (Å²) in [5.74, 6) is 0.569. The highest BCUT2D eigenvalue weighted by Gasteiger charge is 2.45. The molecule has 1 saturated carbocycles. The zero-order valence-corrected chi connectivity index (χ0v) is 12.9. The van der Waals surface area contributed by atoms with Crippen LogP contribution >= 0.6 is 0 Å². The van der Waals surface area contributed by atoms with Gasteiger partial charge in [-0.2, -0.15) is 0 Å². The van der Waals surface area contributed by atoms with E-state index in [4.69, 9.17) is 0 Å². The Morgan fingerprint density at radius 1 is 1.18 bits per heavy atom. The first-order valence-electron chi connectivity index (χ1n) is 7.47. The molecule has 0 saturated heterocycles. The van der Waals surface area contributed by atoms with Crippen molar-refractivity contribution in [3.8, 4) is 0 Å². The van der Waals surface area contributed by atoms with E-state index in [2.05, 4.69) is 44.7 Å². The van der Waals surface area contributed by atoms with Crippen molar-refractivity contribution in [2.75, 3.05) is 25.5 Å². The maximum atomic E-state index is 11.5. The fraction of sp³-hybridized carbons (Fsp3) is 0.353. The summed E-state index contributed by atoms with van der Waals surface area (Å²) in [6.07, 6.45) is 2.40. The number of rotatable bonds is 5. The van der Waals surface area contributed by atoms with E-state index in [9.17, 15) is 4.79 Å². The van der Waals surface area contributed by atoms with Crippen LogP contribution in [0.4, 0.5) is 5.82 Å². The van der Waals surface area contributed by atoms with E-state index >= 15 is 0 Å². The Kier molecular flexibility index (Phi) is 3.79. The first-order chi connectivity index (χ1) is 10.6. The van der Waals surface area contributed by atoms with Crippen molar-refractivity contribution in [2.45, 2.75) is 18.3 Å². The molecule has 1 aliphatic rings. The molecule has 1 heterocycles. The minimum Gasteiger partial charge on any atom is -0.357 e. The van der Waals surface area contributed by atoms with E-state index in [0.29, 0.717) is 5.69 Å². The zero-order chi connectivity index (χ0) is 15.6. The average Bonchev–Trinajstić information content (AvgIpc) is 3.36. The van der Waals surface area contributed by atoms with Crippen molar-refractivity contribution in [1.82, 2.24) is 15.5 Å². The van der Waals surface area contributed by atoms with Gasteiger partial charge in [-0.3, -0.25) is 4.79 Å². The van der Waals surface area contributed by atoms with E-state index in [1.54, 1.807) is 13.1 Å². The number of nitrogens with one attached hydrogen (secondary N) is 1. The van der Waals surface area contributed by atoms with E-state index in [1.807, 2.05) is 19.2 Å². The molecule has 1 aliphatic carbocycles. The molecule has 1 N–H and O–H groups in total. The number of hydrogen-bond donors (Lipinski definition) is 1. The van der Waals surface area contributed by atoms with Gasteiger partial charge in [0.25, 0.3) is 5.91 Å². The van der Waals surface area contributed by atoms with Crippen molar-refractivity contribution >= 4 is 11.7 Å². The van der Waals surface area contributed by atoms with Gasteiger partial charge in [-0.1, -0.05) is 30.3 Å². The topological polar surface area (TPSA) is 58.1 Å². The van der Waals surface area contributed by atoms with Crippen LogP contribution < -0.4 is 10.2 Å². The maximum Gasteiger partial charge on any atom is 0.271 e. The van der Waals surface area contributed by atoms with E-state index < -0.39 is 0 Å². The highest BCUT2D eigenvalue weighted by molar-refractivity contribution is 5.91. The van der Waals surface area contributed by atoms with Crippen molar-refractivity contribution in [3.63, 3.8) is 0 Å². The summed E-state index contributed by atoms with van der Waals surface area (Å²) >= 11 is 0. The highest BCUT2D eigenvalue weighted by Crippen LogP contribution is 2.48. The number of benzene rings is 1. The van der Waals surface area contributed by atoms with Crippen molar-refractivity contribution in [2.24, 2.45) is 0 Å². The molecule has 0 aliphatic heterocycles. The average molecular weight is 296 g/mol. The lowest BCUT2D eigenvalue weighted by Gasteiger charge is -2.24. The molecular formula is C17H20N4O. The quantitative estimate of drug-likeness (QED) is 0.917. The minimum atomic E-state index is -0.218. The van der Waals surface area contributed by atoms with Gasteiger partial charge in [-0.05, 0) is 30.5 Å². The van der Waals surface area contributed by atoms with Crippen LogP contribution in [0.15, 0.2) is 42.5 Å². The predicted octanol–water partition coefficient (Wildman–Crippen LogP) is 2.00. The van der Waals surface area contributed by atoms with Crippen LogP contribution in [0.5, 0.6) is 0 Å². The van der Waals surface area contributed by atoms with E-state index in [1.165, 1.54) is 18.4 Å². The first kappa shape index (κ1) is 14.5. The largest absolute Gasteiger partial charge is 0.357 e. The van der Waals surface area contributed by atoms with Gasteiger partial charge in [0, 0.05) is 26.1 Å². The summed E-state index contributed by atoms with van der Waals surface area (Å²) in [6, 6.07) is 14.2. The maximum absolute atomic E-state index is 11.5. The molecule has 0 unspecified atom stereocenters. The first-order valence-corrected chi connectivity index (χ1v) is 7.47. The third kappa shape index (κ3) is 2.79. The second-order valence-corrected chi connectivity index (χ2v) is 5.86. The van der Waals surface area contributed by atoms with Crippen LogP contribution in [0, 0.1) is 0 Å². The number of anilines is 1. The Labute approximate surface area is 130 Å². The second-order valence-electron chi connectivity index (χ2n) is 5.86. The molecule has 22 heavy (non-hydrogen) atoms. The van der Waals surface area contributed by atoms with Crippen LogP contribution in [-0.4, -0.2) is 36.7 Å². The predicted molar refractivity (Wildman–Crippen MR) is 86.0 cm³/mol. The molecule has 5 nitrogen and oxygen atoms in total. The Morgan fingerprint density at radius 3 is 2.45 bits per heavy atom. The lowest BCUT2D eigenvalue weighted by molar-refractivity contribution is 0.0957. The molecule has 0 bridgehead atoms. The molecular weight excluding hydrogens is 276 g/mol. The SMILES string of the molecule is CNC(=O)c1ccc(N(C)CC2(c3ccccc3)CC2)nn1. The normalized spacial score (nSPS) is 15.2. The summed E-state index contributed by atoms with van der Waals surface area (Å²) < 4.78 is 0. The summed E-state index contributed by atoms with van der Waals surface area (Å²) in [5.41, 5.74) is 1.96. The van der Waals surface area contributed by atoms with Gasteiger partial charge < -0.3 is 10.2 Å². The van der Waals surface area contributed by atoms with E-state index in [-0.39, 0.29) is 11.3 Å². The van der Waals surface area contributed by atoms with Crippen LogP contribution in [0.1, 0.15) is 28.9 Å². The Bertz CT molecular complexity index is 650. The molecule has 1 aromatic heterocycles. The monoisotopic (exact) mass is 296 g/mol.